The van der Waals surface area contributed by atoms with E-state index in [9.17, 15) is 0 Å². The largest absolute Gasteiger partial charge is 0.355 e. The predicted octanol–water partition coefficient (Wildman–Crippen LogP) is 2.37. The molecular formula is C16H20N4. The fourth-order valence-electron chi connectivity index (χ4n) is 2.16. The second-order valence-corrected chi connectivity index (χ2v) is 5.35. The van der Waals surface area contributed by atoms with Crippen LogP contribution in [-0.2, 0) is 13.1 Å². The van der Waals surface area contributed by atoms with E-state index in [-0.39, 0.29) is 0 Å². The fraction of sp³-hybridized carbons (Fsp3) is 0.375. The van der Waals surface area contributed by atoms with E-state index in [2.05, 4.69) is 40.4 Å². The Morgan fingerprint density at radius 2 is 2.00 bits per heavy atom. The first-order valence-electron chi connectivity index (χ1n) is 7.10. The van der Waals surface area contributed by atoms with E-state index < -0.39 is 0 Å². The number of anilines is 1. The first-order chi connectivity index (χ1) is 9.81. The summed E-state index contributed by atoms with van der Waals surface area (Å²) in [5.74, 6) is 1.01. The zero-order chi connectivity index (χ0) is 13.8. The Balaban J connectivity index is 1.64. The van der Waals surface area contributed by atoms with Gasteiger partial charge in [-0.05, 0) is 42.7 Å². The van der Waals surface area contributed by atoms with E-state index in [0.717, 1.165) is 30.6 Å². The Morgan fingerprint density at radius 3 is 2.75 bits per heavy atom. The third-order valence-corrected chi connectivity index (χ3v) is 3.50. The van der Waals surface area contributed by atoms with Crippen molar-refractivity contribution in [2.45, 2.75) is 32.0 Å². The van der Waals surface area contributed by atoms with Gasteiger partial charge in [0.05, 0.1) is 5.69 Å². The molecule has 4 heteroatoms. The maximum atomic E-state index is 4.72. The Kier molecular flexibility index (Phi) is 3.92. The van der Waals surface area contributed by atoms with E-state index in [1.807, 2.05) is 24.5 Å². The van der Waals surface area contributed by atoms with E-state index in [1.54, 1.807) is 0 Å². The Morgan fingerprint density at radius 1 is 1.20 bits per heavy atom. The molecule has 104 valence electrons. The van der Waals surface area contributed by atoms with Crippen molar-refractivity contribution in [3.8, 4) is 0 Å². The van der Waals surface area contributed by atoms with Crippen LogP contribution in [-0.4, -0.2) is 23.1 Å². The van der Waals surface area contributed by atoms with Crippen molar-refractivity contribution in [2.24, 2.45) is 0 Å². The number of pyridine rings is 2. The molecule has 4 nitrogen and oxygen atoms in total. The number of aromatic nitrogens is 2. The lowest BCUT2D eigenvalue weighted by Gasteiger charge is -2.19. The van der Waals surface area contributed by atoms with Crippen molar-refractivity contribution in [3.63, 3.8) is 0 Å². The van der Waals surface area contributed by atoms with Crippen molar-refractivity contribution >= 4 is 5.82 Å². The van der Waals surface area contributed by atoms with Crippen molar-refractivity contribution in [3.05, 3.63) is 54.0 Å². The van der Waals surface area contributed by atoms with Gasteiger partial charge in [0, 0.05) is 38.6 Å². The number of hydrogen-bond donors (Lipinski definition) is 1. The number of nitrogens with zero attached hydrogens (tertiary/aromatic N) is 3. The summed E-state index contributed by atoms with van der Waals surface area (Å²) in [4.78, 5) is 10.9. The molecule has 0 atom stereocenters. The highest BCUT2D eigenvalue weighted by atomic mass is 15.2. The number of nitrogens with one attached hydrogen (secondary N) is 1. The van der Waals surface area contributed by atoms with Gasteiger partial charge < -0.3 is 10.2 Å². The average Bonchev–Trinajstić information content (AvgIpc) is 3.31. The van der Waals surface area contributed by atoms with Crippen LogP contribution in [0.25, 0.3) is 0 Å². The molecule has 0 amide bonds. The zero-order valence-corrected chi connectivity index (χ0v) is 11.8. The van der Waals surface area contributed by atoms with Crippen molar-refractivity contribution in [1.29, 1.82) is 0 Å². The molecule has 1 aliphatic rings. The summed E-state index contributed by atoms with van der Waals surface area (Å²) < 4.78 is 0. The lowest BCUT2D eigenvalue weighted by molar-refractivity contribution is 0.673. The number of rotatable bonds is 6. The highest BCUT2D eigenvalue weighted by Crippen LogP contribution is 2.19. The van der Waals surface area contributed by atoms with Crippen molar-refractivity contribution < 1.29 is 0 Å². The zero-order valence-electron chi connectivity index (χ0n) is 11.8. The van der Waals surface area contributed by atoms with Crippen LogP contribution in [0, 0.1) is 0 Å². The van der Waals surface area contributed by atoms with Gasteiger partial charge in [0.25, 0.3) is 0 Å². The molecule has 1 N–H and O–H groups in total. The molecule has 0 saturated heterocycles. The van der Waals surface area contributed by atoms with Gasteiger partial charge in [0.2, 0.25) is 0 Å². The summed E-state index contributed by atoms with van der Waals surface area (Å²) in [6.45, 7) is 1.70. The van der Waals surface area contributed by atoms with Crippen LogP contribution in [0.2, 0.25) is 0 Å². The van der Waals surface area contributed by atoms with E-state index >= 15 is 0 Å². The third kappa shape index (κ3) is 3.54. The summed E-state index contributed by atoms with van der Waals surface area (Å²) in [5, 5.41) is 3.50. The van der Waals surface area contributed by atoms with Crippen LogP contribution in [0.4, 0.5) is 5.82 Å². The SMILES string of the molecule is CN(Cc1ccncc1)c1cccc(CNC2CC2)n1. The van der Waals surface area contributed by atoms with E-state index in [1.165, 1.54) is 18.4 Å². The highest BCUT2D eigenvalue weighted by Gasteiger charge is 2.20. The Hall–Kier alpha value is -1.94. The van der Waals surface area contributed by atoms with Crippen LogP contribution in [0.15, 0.2) is 42.7 Å². The minimum Gasteiger partial charge on any atom is -0.355 e. The summed E-state index contributed by atoms with van der Waals surface area (Å²) in [5.41, 5.74) is 2.35. The molecule has 2 aromatic heterocycles. The predicted molar refractivity (Wildman–Crippen MR) is 80.4 cm³/mol. The second-order valence-electron chi connectivity index (χ2n) is 5.35. The lowest BCUT2D eigenvalue weighted by Crippen LogP contribution is -2.20. The minimum atomic E-state index is 0.718. The highest BCUT2D eigenvalue weighted by molar-refractivity contribution is 5.39. The van der Waals surface area contributed by atoms with Gasteiger partial charge >= 0.3 is 0 Å². The van der Waals surface area contributed by atoms with Crippen LogP contribution in [0.3, 0.4) is 0 Å². The standard InChI is InChI=1S/C16H20N4/c1-20(12-13-7-9-17-10-8-13)16-4-2-3-15(19-16)11-18-14-5-6-14/h2-4,7-10,14,18H,5-6,11-12H2,1H3. The van der Waals surface area contributed by atoms with Crippen LogP contribution in [0.1, 0.15) is 24.1 Å². The van der Waals surface area contributed by atoms with Crippen molar-refractivity contribution in [2.75, 3.05) is 11.9 Å². The van der Waals surface area contributed by atoms with Gasteiger partial charge in [-0.25, -0.2) is 4.98 Å². The maximum Gasteiger partial charge on any atom is 0.128 e. The Labute approximate surface area is 119 Å². The van der Waals surface area contributed by atoms with Gasteiger partial charge in [0.1, 0.15) is 5.82 Å². The molecule has 0 aliphatic heterocycles. The summed E-state index contributed by atoms with van der Waals surface area (Å²) >= 11 is 0. The molecule has 1 fully saturated rings. The molecule has 3 rings (SSSR count). The minimum absolute atomic E-state index is 0.718. The molecule has 0 bridgehead atoms. The van der Waals surface area contributed by atoms with Gasteiger partial charge in [-0.15, -0.1) is 0 Å². The molecule has 1 aliphatic carbocycles. The molecular weight excluding hydrogens is 248 g/mol. The van der Waals surface area contributed by atoms with Crippen molar-refractivity contribution in [1.82, 2.24) is 15.3 Å². The fourth-order valence-corrected chi connectivity index (χ4v) is 2.16. The molecule has 2 aromatic rings. The average molecular weight is 268 g/mol. The quantitative estimate of drug-likeness (QED) is 0.873. The molecule has 0 radical (unpaired) electrons. The van der Waals surface area contributed by atoms with Crippen LogP contribution >= 0.6 is 0 Å². The van der Waals surface area contributed by atoms with E-state index in [4.69, 9.17) is 4.98 Å². The molecule has 0 aromatic carbocycles. The summed E-state index contributed by atoms with van der Waals surface area (Å²) in [7, 11) is 2.07. The smallest absolute Gasteiger partial charge is 0.128 e. The topological polar surface area (TPSA) is 41.1 Å². The lowest BCUT2D eigenvalue weighted by atomic mass is 10.2. The summed E-state index contributed by atoms with van der Waals surface area (Å²) in [6, 6.07) is 11.0. The van der Waals surface area contributed by atoms with Gasteiger partial charge in [-0.3, -0.25) is 4.98 Å². The van der Waals surface area contributed by atoms with E-state index in [0.29, 0.717) is 0 Å². The van der Waals surface area contributed by atoms with Crippen LogP contribution < -0.4 is 10.2 Å². The van der Waals surface area contributed by atoms with Crippen LogP contribution in [0.5, 0.6) is 0 Å². The maximum absolute atomic E-state index is 4.72. The molecule has 0 spiro atoms. The molecule has 1 saturated carbocycles. The number of hydrogen-bond acceptors (Lipinski definition) is 4. The first-order valence-corrected chi connectivity index (χ1v) is 7.10. The Bertz CT molecular complexity index is 551. The van der Waals surface area contributed by atoms with Gasteiger partial charge in [-0.2, -0.15) is 0 Å². The summed E-state index contributed by atoms with van der Waals surface area (Å²) in [6.07, 6.45) is 6.27. The molecule has 2 heterocycles. The van der Waals surface area contributed by atoms with Gasteiger partial charge in [-0.1, -0.05) is 6.07 Å². The molecule has 0 unspecified atom stereocenters. The van der Waals surface area contributed by atoms with Gasteiger partial charge in [0.15, 0.2) is 0 Å². The monoisotopic (exact) mass is 268 g/mol. The first kappa shape index (κ1) is 13.1. The normalized spacial score (nSPS) is 14.2. The second kappa shape index (κ2) is 6.01. The third-order valence-electron chi connectivity index (χ3n) is 3.50. The molecule has 20 heavy (non-hydrogen) atoms.